The number of nitrogens with zero attached hydrogens (tertiary/aromatic N) is 2. The highest BCUT2D eigenvalue weighted by molar-refractivity contribution is 7.11. The number of hydrogen-bond acceptors (Lipinski definition) is 4. The maximum absolute atomic E-state index is 5.43. The lowest BCUT2D eigenvalue weighted by atomic mass is 9.90. The van der Waals surface area contributed by atoms with Gasteiger partial charge in [-0.3, -0.25) is 0 Å². The lowest BCUT2D eigenvalue weighted by molar-refractivity contribution is 0.762. The highest BCUT2D eigenvalue weighted by atomic mass is 32.1. The molecular weight excluding hydrogens is 711 g/mol. The Morgan fingerprint density at radius 1 is 0.649 bits per heavy atom. The molecule has 0 aliphatic carbocycles. The Kier molecular flexibility index (Phi) is 9.86. The van der Waals surface area contributed by atoms with E-state index in [0.717, 1.165) is 73.0 Å². The standard InChI is InChI=1S/C53H41N3S/c1-4-7-19-35(6-3)50-52-51(39(18-5-2)34-57-52)56-53(55-50)43-29-41(47-31-38-24-14-15-25-44(38)45-26-16-17-27-46(45)47)28-42(30-43)49-33-40(36-20-10-8-11-21-36)32-48(54-49)37-22-12-9-13-23-37/h4-34,50H,1H2,2-3H3,(H,55,56)/b18-5-,19-7-,35-6+. The van der Waals surface area contributed by atoms with Gasteiger partial charge in [-0.15, -0.1) is 11.3 Å². The highest BCUT2D eigenvalue weighted by Crippen LogP contribution is 2.44. The number of hydrogen-bond donors (Lipinski definition) is 1. The Morgan fingerprint density at radius 3 is 2.04 bits per heavy atom. The first-order valence-electron chi connectivity index (χ1n) is 19.4. The molecule has 0 fully saturated rings. The van der Waals surface area contributed by atoms with Crippen LogP contribution in [0, 0.1) is 0 Å². The van der Waals surface area contributed by atoms with Crippen molar-refractivity contribution < 1.29 is 0 Å². The average Bonchev–Trinajstić information content (AvgIpc) is 3.69. The molecule has 3 nitrogen and oxygen atoms in total. The monoisotopic (exact) mass is 751 g/mol. The Balaban J connectivity index is 1.32. The number of aromatic nitrogens is 1. The number of pyridine rings is 1. The third kappa shape index (κ3) is 6.97. The summed E-state index contributed by atoms with van der Waals surface area (Å²) in [6, 6.07) is 52.0. The maximum Gasteiger partial charge on any atom is 0.134 e. The van der Waals surface area contributed by atoms with Crippen molar-refractivity contribution in [3.8, 4) is 44.8 Å². The number of amidine groups is 1. The van der Waals surface area contributed by atoms with Crippen LogP contribution < -0.4 is 5.32 Å². The molecule has 0 amide bonds. The van der Waals surface area contributed by atoms with Crippen molar-refractivity contribution in [3.05, 3.63) is 210 Å². The summed E-state index contributed by atoms with van der Waals surface area (Å²) in [6.45, 7) is 8.09. The number of fused-ring (bicyclic) bond motifs is 4. The van der Waals surface area contributed by atoms with E-state index >= 15 is 0 Å². The van der Waals surface area contributed by atoms with Crippen molar-refractivity contribution in [2.24, 2.45) is 4.99 Å². The van der Waals surface area contributed by atoms with Crippen molar-refractivity contribution in [1.82, 2.24) is 10.3 Å². The fraction of sp³-hybridized carbons (Fsp3) is 0.0566. The van der Waals surface area contributed by atoms with E-state index in [1.165, 1.54) is 26.4 Å². The van der Waals surface area contributed by atoms with Crippen molar-refractivity contribution in [2.45, 2.75) is 19.9 Å². The van der Waals surface area contributed by atoms with Crippen molar-refractivity contribution in [3.63, 3.8) is 0 Å². The van der Waals surface area contributed by atoms with Gasteiger partial charge in [0.15, 0.2) is 0 Å². The average molecular weight is 752 g/mol. The van der Waals surface area contributed by atoms with Gasteiger partial charge in [-0.2, -0.15) is 0 Å². The molecule has 6 aromatic carbocycles. The topological polar surface area (TPSA) is 37.3 Å². The smallest absolute Gasteiger partial charge is 0.134 e. The molecular formula is C53H41N3S. The normalized spacial score (nSPS) is 14.2. The SMILES string of the molecule is C=C/C=C\C(=C/C)C1NC(c2cc(-c3cc(-c4ccccc4)cc(-c4ccccc4)n3)cc(-c3cc4ccccc4c4ccccc34)c2)=Nc2c(/C=C\C)csc21. The van der Waals surface area contributed by atoms with Gasteiger partial charge < -0.3 is 5.32 Å². The van der Waals surface area contributed by atoms with E-state index in [0.29, 0.717) is 0 Å². The minimum Gasteiger partial charge on any atom is -0.358 e. The zero-order chi connectivity index (χ0) is 38.7. The van der Waals surface area contributed by atoms with Crippen LogP contribution in [0.4, 0.5) is 5.69 Å². The molecule has 3 heterocycles. The lowest BCUT2D eigenvalue weighted by Crippen LogP contribution is -2.32. The van der Waals surface area contributed by atoms with E-state index < -0.39 is 0 Å². The molecule has 8 aromatic rings. The second-order valence-corrected chi connectivity index (χ2v) is 15.1. The molecule has 1 aliphatic rings. The number of thiophene rings is 1. The van der Waals surface area contributed by atoms with Crippen molar-refractivity contribution in [2.75, 3.05) is 0 Å². The molecule has 1 unspecified atom stereocenters. The van der Waals surface area contributed by atoms with Crippen LogP contribution in [0.15, 0.2) is 198 Å². The summed E-state index contributed by atoms with van der Waals surface area (Å²) >= 11 is 1.74. The number of allylic oxidation sites excluding steroid dienone is 4. The summed E-state index contributed by atoms with van der Waals surface area (Å²) < 4.78 is 0. The largest absolute Gasteiger partial charge is 0.358 e. The van der Waals surface area contributed by atoms with Gasteiger partial charge in [0, 0.05) is 27.6 Å². The first kappa shape index (κ1) is 35.8. The second kappa shape index (κ2) is 15.7. The molecule has 4 heteroatoms. The van der Waals surface area contributed by atoms with Crippen LogP contribution in [0.2, 0.25) is 0 Å². The zero-order valence-corrected chi connectivity index (χ0v) is 32.8. The summed E-state index contributed by atoms with van der Waals surface area (Å²) in [4.78, 5) is 12.0. The Morgan fingerprint density at radius 2 is 1.30 bits per heavy atom. The summed E-state index contributed by atoms with van der Waals surface area (Å²) in [6.07, 6.45) is 12.4. The third-order valence-corrected chi connectivity index (χ3v) is 11.7. The van der Waals surface area contributed by atoms with Crippen LogP contribution >= 0.6 is 11.3 Å². The molecule has 0 bridgehead atoms. The molecule has 9 rings (SSSR count). The Labute approximate surface area is 338 Å². The fourth-order valence-corrected chi connectivity index (χ4v) is 8.91. The Hall–Kier alpha value is -6.88. The minimum atomic E-state index is -0.0875. The lowest BCUT2D eigenvalue weighted by Gasteiger charge is -2.27. The van der Waals surface area contributed by atoms with E-state index in [1.807, 2.05) is 18.2 Å². The van der Waals surface area contributed by atoms with Gasteiger partial charge in [-0.05, 0) is 99.6 Å². The van der Waals surface area contributed by atoms with Gasteiger partial charge in [-0.25, -0.2) is 9.98 Å². The first-order valence-corrected chi connectivity index (χ1v) is 20.2. The van der Waals surface area contributed by atoms with Crippen LogP contribution in [0.25, 0.3) is 72.4 Å². The van der Waals surface area contributed by atoms with Crippen molar-refractivity contribution >= 4 is 50.5 Å². The molecule has 57 heavy (non-hydrogen) atoms. The van der Waals surface area contributed by atoms with E-state index in [-0.39, 0.29) is 6.04 Å². The quantitative estimate of drug-likeness (QED) is 0.118. The van der Waals surface area contributed by atoms with Crippen LogP contribution in [0.3, 0.4) is 0 Å². The molecule has 1 N–H and O–H groups in total. The molecule has 0 saturated heterocycles. The minimum absolute atomic E-state index is 0.0875. The number of nitrogens with one attached hydrogen (secondary N) is 1. The third-order valence-electron chi connectivity index (χ3n) is 10.6. The predicted octanol–water partition coefficient (Wildman–Crippen LogP) is 14.6. The zero-order valence-electron chi connectivity index (χ0n) is 32.0. The van der Waals surface area contributed by atoms with E-state index in [2.05, 4.69) is 195 Å². The molecule has 1 aliphatic heterocycles. The molecule has 274 valence electrons. The van der Waals surface area contributed by atoms with Crippen molar-refractivity contribution in [1.29, 1.82) is 0 Å². The second-order valence-electron chi connectivity index (χ2n) is 14.2. The van der Waals surface area contributed by atoms with Gasteiger partial charge in [0.05, 0.1) is 28.0 Å². The van der Waals surface area contributed by atoms with Gasteiger partial charge in [0.1, 0.15) is 5.84 Å². The molecule has 2 aromatic heterocycles. The van der Waals surface area contributed by atoms with Gasteiger partial charge in [0.25, 0.3) is 0 Å². The summed E-state index contributed by atoms with van der Waals surface area (Å²) in [5.74, 6) is 0.818. The van der Waals surface area contributed by atoms with Gasteiger partial charge in [0.2, 0.25) is 0 Å². The maximum atomic E-state index is 5.43. The van der Waals surface area contributed by atoms with Crippen LogP contribution in [0.1, 0.15) is 35.9 Å². The summed E-state index contributed by atoms with van der Waals surface area (Å²) in [5.41, 5.74) is 12.7. The van der Waals surface area contributed by atoms with E-state index in [9.17, 15) is 0 Å². The highest BCUT2D eigenvalue weighted by Gasteiger charge is 2.28. The summed E-state index contributed by atoms with van der Waals surface area (Å²) in [5, 5.41) is 11.0. The molecule has 0 spiro atoms. The van der Waals surface area contributed by atoms with Crippen LogP contribution in [-0.2, 0) is 0 Å². The number of rotatable bonds is 9. The predicted molar refractivity (Wildman–Crippen MR) is 245 cm³/mol. The number of benzene rings is 6. The van der Waals surface area contributed by atoms with Gasteiger partial charge in [-0.1, -0.05) is 152 Å². The van der Waals surface area contributed by atoms with Crippen LogP contribution in [-0.4, -0.2) is 10.8 Å². The van der Waals surface area contributed by atoms with E-state index in [4.69, 9.17) is 9.98 Å². The molecule has 1 atom stereocenters. The Bertz CT molecular complexity index is 2850. The first-order chi connectivity index (χ1) is 28.1. The molecule has 0 radical (unpaired) electrons. The number of aliphatic imine (C=N–C) groups is 1. The van der Waals surface area contributed by atoms with E-state index in [1.54, 1.807) is 11.3 Å². The molecule has 0 saturated carbocycles. The van der Waals surface area contributed by atoms with Gasteiger partial charge >= 0.3 is 0 Å². The van der Waals surface area contributed by atoms with Crippen LogP contribution in [0.5, 0.6) is 0 Å². The summed E-state index contributed by atoms with van der Waals surface area (Å²) in [7, 11) is 0. The fourth-order valence-electron chi connectivity index (χ4n) is 7.86.